The van der Waals surface area contributed by atoms with Crippen molar-refractivity contribution in [1.82, 2.24) is 0 Å². The molecule has 0 atom stereocenters. The second kappa shape index (κ2) is 5.76. The summed E-state index contributed by atoms with van der Waals surface area (Å²) in [5, 5.41) is 2.63. The molecule has 98 valence electrons. The summed E-state index contributed by atoms with van der Waals surface area (Å²) in [6.45, 7) is 0. The minimum Gasteiger partial charge on any atom is -0.129 e. The number of fused-ring (bicyclic) bond motifs is 1. The summed E-state index contributed by atoms with van der Waals surface area (Å²) in [7, 11) is 2.15. The van der Waals surface area contributed by atoms with Crippen LogP contribution in [-0.2, 0) is 6.42 Å². The summed E-state index contributed by atoms with van der Waals surface area (Å²) in [6, 6.07) is 22.1. The molecular formula is C18H17BS. The van der Waals surface area contributed by atoms with Crippen molar-refractivity contribution in [3.8, 4) is 0 Å². The molecule has 3 aromatic carbocycles. The molecule has 0 bridgehead atoms. The van der Waals surface area contributed by atoms with E-state index in [0.717, 1.165) is 6.42 Å². The van der Waals surface area contributed by atoms with Crippen LogP contribution in [0, 0.1) is 0 Å². The van der Waals surface area contributed by atoms with E-state index >= 15 is 0 Å². The molecule has 20 heavy (non-hydrogen) atoms. The number of hydrogen-bond acceptors (Lipinski definition) is 1. The Balaban J connectivity index is 1.96. The minimum absolute atomic E-state index is 1.00. The Kier molecular flexibility index (Phi) is 3.84. The Hall–Kier alpha value is -1.67. The van der Waals surface area contributed by atoms with Gasteiger partial charge in [0.15, 0.2) is 0 Å². The summed E-state index contributed by atoms with van der Waals surface area (Å²) in [5.74, 6) is 0. The van der Waals surface area contributed by atoms with Crippen molar-refractivity contribution in [2.24, 2.45) is 0 Å². The van der Waals surface area contributed by atoms with Crippen molar-refractivity contribution in [3.63, 3.8) is 0 Å². The summed E-state index contributed by atoms with van der Waals surface area (Å²) >= 11 is 1.83. The lowest BCUT2D eigenvalue weighted by atomic mass is 9.93. The maximum Gasteiger partial charge on any atom is 0.139 e. The molecule has 0 amide bonds. The first-order valence-corrected chi connectivity index (χ1v) is 8.10. The Morgan fingerprint density at radius 1 is 0.900 bits per heavy atom. The molecule has 3 rings (SSSR count). The summed E-state index contributed by atoms with van der Waals surface area (Å²) in [5.41, 5.74) is 4.12. The lowest BCUT2D eigenvalue weighted by Gasteiger charge is -2.09. The monoisotopic (exact) mass is 276 g/mol. The molecular weight excluding hydrogens is 259 g/mol. The van der Waals surface area contributed by atoms with Gasteiger partial charge in [0, 0.05) is 4.90 Å². The first-order chi connectivity index (χ1) is 9.76. The number of benzene rings is 3. The zero-order valence-electron chi connectivity index (χ0n) is 11.9. The average Bonchev–Trinajstić information content (AvgIpc) is 2.49. The molecule has 0 radical (unpaired) electrons. The van der Waals surface area contributed by atoms with Gasteiger partial charge in [-0.1, -0.05) is 66.1 Å². The van der Waals surface area contributed by atoms with Crippen LogP contribution in [0.15, 0.2) is 65.6 Å². The van der Waals surface area contributed by atoms with Crippen LogP contribution in [0.1, 0.15) is 11.1 Å². The fourth-order valence-electron chi connectivity index (χ4n) is 2.57. The van der Waals surface area contributed by atoms with Crippen molar-refractivity contribution < 1.29 is 0 Å². The van der Waals surface area contributed by atoms with E-state index in [1.165, 1.54) is 32.3 Å². The van der Waals surface area contributed by atoms with E-state index in [2.05, 4.69) is 74.8 Å². The summed E-state index contributed by atoms with van der Waals surface area (Å²) in [6.07, 6.45) is 3.15. The van der Waals surface area contributed by atoms with Gasteiger partial charge in [-0.25, -0.2) is 0 Å². The summed E-state index contributed by atoms with van der Waals surface area (Å²) in [4.78, 5) is 1.39. The number of thioether (sulfide) groups is 1. The van der Waals surface area contributed by atoms with E-state index < -0.39 is 0 Å². The second-order valence-electron chi connectivity index (χ2n) is 5.17. The van der Waals surface area contributed by atoms with E-state index in [-0.39, 0.29) is 0 Å². The molecule has 0 nitrogen and oxygen atoms in total. The number of rotatable bonds is 3. The average molecular weight is 276 g/mol. The molecule has 0 aliphatic heterocycles. The van der Waals surface area contributed by atoms with Gasteiger partial charge in [0.05, 0.1) is 0 Å². The molecule has 0 aromatic heterocycles. The predicted molar refractivity (Wildman–Crippen MR) is 93.2 cm³/mol. The van der Waals surface area contributed by atoms with E-state index in [9.17, 15) is 0 Å². The van der Waals surface area contributed by atoms with Crippen LogP contribution in [-0.4, -0.2) is 14.1 Å². The molecule has 0 saturated heterocycles. The molecule has 0 fully saturated rings. The van der Waals surface area contributed by atoms with Crippen molar-refractivity contribution >= 4 is 35.8 Å². The Morgan fingerprint density at radius 3 is 2.50 bits per heavy atom. The van der Waals surface area contributed by atoms with Crippen LogP contribution in [0.5, 0.6) is 0 Å². The normalized spacial score (nSPS) is 10.8. The first-order valence-electron chi connectivity index (χ1n) is 6.87. The highest BCUT2D eigenvalue weighted by molar-refractivity contribution is 7.98. The maximum atomic E-state index is 2.30. The standard InChI is InChI=1S/C18H17BS/c1-20-18-12-17(19)9-8-16(18)11-13-6-7-14-4-2-3-5-15(14)10-13/h2-10,12H,11,19H2,1H3. The summed E-state index contributed by atoms with van der Waals surface area (Å²) < 4.78 is 0. The highest BCUT2D eigenvalue weighted by Gasteiger charge is 2.04. The quantitative estimate of drug-likeness (QED) is 0.522. The third kappa shape index (κ3) is 2.76. The van der Waals surface area contributed by atoms with Crippen molar-refractivity contribution in [2.75, 3.05) is 6.26 Å². The van der Waals surface area contributed by atoms with Crippen LogP contribution in [0.2, 0.25) is 0 Å². The SMILES string of the molecule is Bc1ccc(Cc2ccc3ccccc3c2)c(SC)c1. The van der Waals surface area contributed by atoms with Gasteiger partial charge in [-0.2, -0.15) is 0 Å². The van der Waals surface area contributed by atoms with Gasteiger partial charge in [0.25, 0.3) is 0 Å². The molecule has 0 unspecified atom stereocenters. The van der Waals surface area contributed by atoms with Gasteiger partial charge in [0.2, 0.25) is 0 Å². The van der Waals surface area contributed by atoms with Crippen LogP contribution in [0.3, 0.4) is 0 Å². The van der Waals surface area contributed by atoms with Crippen LogP contribution in [0.4, 0.5) is 0 Å². The Morgan fingerprint density at radius 2 is 1.70 bits per heavy atom. The van der Waals surface area contributed by atoms with E-state index in [0.29, 0.717) is 0 Å². The zero-order valence-corrected chi connectivity index (χ0v) is 12.7. The zero-order chi connectivity index (χ0) is 13.9. The lowest BCUT2D eigenvalue weighted by molar-refractivity contribution is 1.14. The molecule has 0 aliphatic carbocycles. The molecule has 0 saturated carbocycles. The molecule has 0 aliphatic rings. The highest BCUT2D eigenvalue weighted by Crippen LogP contribution is 2.23. The minimum atomic E-state index is 1.00. The molecule has 0 heterocycles. The van der Waals surface area contributed by atoms with E-state index in [4.69, 9.17) is 0 Å². The smallest absolute Gasteiger partial charge is 0.129 e. The van der Waals surface area contributed by atoms with Crippen LogP contribution < -0.4 is 5.46 Å². The fourth-order valence-corrected chi connectivity index (χ4v) is 3.27. The molecule has 0 spiro atoms. The van der Waals surface area contributed by atoms with Gasteiger partial charge >= 0.3 is 0 Å². The third-order valence-corrected chi connectivity index (χ3v) is 4.47. The maximum absolute atomic E-state index is 2.30. The van der Waals surface area contributed by atoms with Gasteiger partial charge in [0.1, 0.15) is 7.85 Å². The van der Waals surface area contributed by atoms with Crippen molar-refractivity contribution in [3.05, 3.63) is 71.8 Å². The third-order valence-electron chi connectivity index (χ3n) is 3.65. The highest BCUT2D eigenvalue weighted by atomic mass is 32.2. The molecule has 2 heteroatoms. The Bertz CT molecular complexity index is 749. The topological polar surface area (TPSA) is 0 Å². The van der Waals surface area contributed by atoms with Crippen molar-refractivity contribution in [1.29, 1.82) is 0 Å². The van der Waals surface area contributed by atoms with Crippen LogP contribution in [0.25, 0.3) is 10.8 Å². The predicted octanol–water partition coefficient (Wildman–Crippen LogP) is 3.41. The van der Waals surface area contributed by atoms with Gasteiger partial charge in [-0.05, 0) is 34.6 Å². The van der Waals surface area contributed by atoms with Gasteiger partial charge < -0.3 is 0 Å². The Labute approximate surface area is 125 Å². The lowest BCUT2D eigenvalue weighted by Crippen LogP contribution is -2.03. The van der Waals surface area contributed by atoms with Gasteiger partial charge in [-0.15, -0.1) is 11.8 Å². The van der Waals surface area contributed by atoms with E-state index in [1.54, 1.807) is 0 Å². The first kappa shape index (κ1) is 13.3. The molecule has 0 N–H and O–H groups in total. The van der Waals surface area contributed by atoms with Gasteiger partial charge in [-0.3, -0.25) is 0 Å². The number of hydrogen-bond donors (Lipinski definition) is 0. The van der Waals surface area contributed by atoms with Crippen molar-refractivity contribution in [2.45, 2.75) is 11.3 Å². The van der Waals surface area contributed by atoms with E-state index in [1.807, 2.05) is 11.8 Å². The second-order valence-corrected chi connectivity index (χ2v) is 6.02. The van der Waals surface area contributed by atoms with Crippen LogP contribution >= 0.6 is 11.8 Å². The molecule has 3 aromatic rings. The fraction of sp³-hybridized carbons (Fsp3) is 0.111. The largest absolute Gasteiger partial charge is 0.139 e.